The molecule has 0 amide bonds. The van der Waals surface area contributed by atoms with Crippen LogP contribution in [0.3, 0.4) is 0 Å². The van der Waals surface area contributed by atoms with Crippen molar-refractivity contribution in [2.75, 3.05) is 13.7 Å². The van der Waals surface area contributed by atoms with Crippen molar-refractivity contribution in [3.63, 3.8) is 0 Å². The van der Waals surface area contributed by atoms with Crippen LogP contribution in [0.2, 0.25) is 0 Å². The summed E-state index contributed by atoms with van der Waals surface area (Å²) in [7, 11) is -1.42. The summed E-state index contributed by atoms with van der Waals surface area (Å²) in [5.74, 6) is 0. The van der Waals surface area contributed by atoms with Gasteiger partial charge in [0.05, 0.1) is 16.6 Å². The second-order valence-corrected chi connectivity index (χ2v) is 6.93. The zero-order chi connectivity index (χ0) is 11.5. The Bertz CT molecular complexity index is 289. The summed E-state index contributed by atoms with van der Waals surface area (Å²) in [6.45, 7) is 1.89. The lowest BCUT2D eigenvalue weighted by atomic mass is 9.97. The molecule has 0 aromatic carbocycles. The number of ether oxygens (including phenoxy) is 1. The van der Waals surface area contributed by atoms with Crippen LogP contribution in [0.4, 0.5) is 0 Å². The molecule has 15 heavy (non-hydrogen) atoms. The maximum Gasteiger partial charge on any atom is 0.157 e. The van der Waals surface area contributed by atoms with Crippen molar-refractivity contribution in [2.45, 2.75) is 49.2 Å². The van der Waals surface area contributed by atoms with Gasteiger partial charge in [-0.3, -0.25) is 0 Å². The highest BCUT2D eigenvalue weighted by Gasteiger charge is 2.34. The monoisotopic (exact) mass is 235 g/mol. The van der Waals surface area contributed by atoms with Gasteiger partial charge in [0, 0.05) is 13.7 Å². The zero-order valence-electron chi connectivity index (χ0n) is 9.48. The van der Waals surface area contributed by atoms with Crippen LogP contribution in [0.1, 0.15) is 32.6 Å². The number of methoxy groups -OCH3 is 1. The molecule has 3 unspecified atom stereocenters. The van der Waals surface area contributed by atoms with Crippen molar-refractivity contribution >= 4 is 9.84 Å². The van der Waals surface area contributed by atoms with E-state index in [1.807, 2.05) is 0 Å². The third-order valence-corrected chi connectivity index (χ3v) is 5.94. The Hall–Kier alpha value is -0.130. The van der Waals surface area contributed by atoms with Crippen molar-refractivity contribution in [3.05, 3.63) is 0 Å². The lowest BCUT2D eigenvalue weighted by Gasteiger charge is -2.29. The smallest absolute Gasteiger partial charge is 0.157 e. The summed E-state index contributed by atoms with van der Waals surface area (Å²) >= 11 is 0. The molecule has 1 rings (SSSR count). The normalized spacial score (nSPS) is 30.1. The van der Waals surface area contributed by atoms with Gasteiger partial charge in [0.1, 0.15) is 0 Å². The van der Waals surface area contributed by atoms with Gasteiger partial charge in [-0.2, -0.15) is 0 Å². The first-order valence-corrected chi connectivity index (χ1v) is 7.09. The molecule has 0 saturated heterocycles. The van der Waals surface area contributed by atoms with Crippen molar-refractivity contribution in [1.29, 1.82) is 0 Å². The molecule has 0 aromatic heterocycles. The lowest BCUT2D eigenvalue weighted by molar-refractivity contribution is 0.0719. The minimum atomic E-state index is -3.06. The summed E-state index contributed by atoms with van der Waals surface area (Å²) in [6.07, 6.45) is 3.39. The highest BCUT2D eigenvalue weighted by Crippen LogP contribution is 2.27. The first-order chi connectivity index (χ1) is 7.02. The van der Waals surface area contributed by atoms with Crippen molar-refractivity contribution in [2.24, 2.45) is 5.73 Å². The van der Waals surface area contributed by atoms with E-state index in [-0.39, 0.29) is 17.9 Å². The van der Waals surface area contributed by atoms with Gasteiger partial charge >= 0.3 is 0 Å². The van der Waals surface area contributed by atoms with Crippen LogP contribution < -0.4 is 5.73 Å². The second kappa shape index (κ2) is 5.27. The number of hydrogen-bond donors (Lipinski definition) is 1. The molecule has 1 saturated carbocycles. The molecule has 1 aliphatic carbocycles. The van der Waals surface area contributed by atoms with E-state index in [4.69, 9.17) is 10.5 Å². The van der Waals surface area contributed by atoms with Gasteiger partial charge in [0.15, 0.2) is 9.84 Å². The average Bonchev–Trinajstić information content (AvgIpc) is 2.27. The van der Waals surface area contributed by atoms with Crippen LogP contribution in [0.5, 0.6) is 0 Å². The largest absolute Gasteiger partial charge is 0.381 e. The van der Waals surface area contributed by atoms with Crippen LogP contribution in [-0.2, 0) is 14.6 Å². The van der Waals surface area contributed by atoms with E-state index < -0.39 is 15.1 Å². The molecule has 0 radical (unpaired) electrons. The van der Waals surface area contributed by atoms with Crippen LogP contribution in [-0.4, -0.2) is 38.7 Å². The van der Waals surface area contributed by atoms with Gasteiger partial charge in [-0.15, -0.1) is 0 Å². The van der Waals surface area contributed by atoms with Crippen molar-refractivity contribution in [1.82, 2.24) is 0 Å². The Morgan fingerprint density at radius 2 is 2.13 bits per heavy atom. The minimum Gasteiger partial charge on any atom is -0.381 e. The Morgan fingerprint density at radius 1 is 1.47 bits per heavy atom. The second-order valence-electron chi connectivity index (χ2n) is 4.28. The summed E-state index contributed by atoms with van der Waals surface area (Å²) in [6, 6.07) is 0. The molecule has 0 spiro atoms. The number of rotatable bonds is 4. The molecule has 2 N–H and O–H groups in total. The fourth-order valence-electron chi connectivity index (χ4n) is 2.08. The molecule has 0 aliphatic heterocycles. The maximum atomic E-state index is 12.0. The van der Waals surface area contributed by atoms with E-state index in [1.165, 1.54) is 0 Å². The van der Waals surface area contributed by atoms with Crippen LogP contribution in [0.25, 0.3) is 0 Å². The van der Waals surface area contributed by atoms with Gasteiger partial charge in [-0.05, 0) is 32.6 Å². The number of hydrogen-bond acceptors (Lipinski definition) is 4. The van der Waals surface area contributed by atoms with Gasteiger partial charge in [0.25, 0.3) is 0 Å². The maximum absolute atomic E-state index is 12.0. The molecule has 4 nitrogen and oxygen atoms in total. The SMILES string of the molecule is COC1CCCC(S(=O)(=O)C(C)CN)C1. The lowest BCUT2D eigenvalue weighted by Crippen LogP contribution is -2.39. The van der Waals surface area contributed by atoms with Gasteiger partial charge < -0.3 is 10.5 Å². The van der Waals surface area contributed by atoms with E-state index >= 15 is 0 Å². The van der Waals surface area contributed by atoms with Gasteiger partial charge in [0.2, 0.25) is 0 Å². The molecular weight excluding hydrogens is 214 g/mol. The first kappa shape index (κ1) is 12.9. The Kier molecular flexibility index (Phi) is 4.55. The summed E-state index contributed by atoms with van der Waals surface area (Å²) in [5.41, 5.74) is 5.42. The summed E-state index contributed by atoms with van der Waals surface area (Å²) < 4.78 is 29.3. The van der Waals surface area contributed by atoms with E-state index in [0.29, 0.717) is 6.42 Å². The predicted octanol–water partition coefficient (Wildman–Crippen LogP) is 0.706. The highest BCUT2D eigenvalue weighted by atomic mass is 32.2. The minimum absolute atomic E-state index is 0.100. The van der Waals surface area contributed by atoms with Gasteiger partial charge in [-0.1, -0.05) is 0 Å². The number of sulfone groups is 1. The molecule has 0 aromatic rings. The standard InChI is InChI=1S/C10H21NO3S/c1-8(7-11)15(12,13)10-5-3-4-9(6-10)14-2/h8-10H,3-7,11H2,1-2H3. The fourth-order valence-corrected chi connectivity index (χ4v) is 3.98. The molecule has 3 atom stereocenters. The van der Waals surface area contributed by atoms with E-state index in [0.717, 1.165) is 19.3 Å². The van der Waals surface area contributed by atoms with Crippen molar-refractivity contribution in [3.8, 4) is 0 Å². The van der Waals surface area contributed by atoms with E-state index in [9.17, 15) is 8.42 Å². The summed E-state index contributed by atoms with van der Waals surface area (Å²) in [4.78, 5) is 0. The molecular formula is C10H21NO3S. The van der Waals surface area contributed by atoms with E-state index in [1.54, 1.807) is 14.0 Å². The molecule has 90 valence electrons. The Morgan fingerprint density at radius 3 is 2.67 bits per heavy atom. The van der Waals surface area contributed by atoms with Crippen LogP contribution in [0.15, 0.2) is 0 Å². The first-order valence-electron chi connectivity index (χ1n) is 5.48. The fraction of sp³-hybridized carbons (Fsp3) is 1.00. The molecule has 5 heteroatoms. The van der Waals surface area contributed by atoms with Crippen LogP contribution in [0, 0.1) is 0 Å². The quantitative estimate of drug-likeness (QED) is 0.779. The van der Waals surface area contributed by atoms with Gasteiger partial charge in [-0.25, -0.2) is 8.42 Å². The van der Waals surface area contributed by atoms with E-state index in [2.05, 4.69) is 0 Å². The van der Waals surface area contributed by atoms with Crippen molar-refractivity contribution < 1.29 is 13.2 Å². The summed E-state index contributed by atoms with van der Waals surface area (Å²) in [5, 5.41) is -0.687. The third-order valence-electron chi connectivity index (χ3n) is 3.27. The molecule has 0 heterocycles. The number of nitrogens with two attached hydrogens (primary N) is 1. The highest BCUT2D eigenvalue weighted by molar-refractivity contribution is 7.92. The molecule has 1 fully saturated rings. The molecule has 1 aliphatic rings. The zero-order valence-corrected chi connectivity index (χ0v) is 10.3. The average molecular weight is 235 g/mol. The Labute approximate surface area is 92.1 Å². The third kappa shape index (κ3) is 2.92. The Balaban J connectivity index is 2.70. The molecule has 0 bridgehead atoms. The van der Waals surface area contributed by atoms with Crippen LogP contribution >= 0.6 is 0 Å². The predicted molar refractivity (Wildman–Crippen MR) is 60.5 cm³/mol. The topological polar surface area (TPSA) is 69.4 Å².